The number of nitrogens with zero attached hydrogens (tertiary/aromatic N) is 3. The lowest BCUT2D eigenvalue weighted by Crippen LogP contribution is -2.32. The fourth-order valence-corrected chi connectivity index (χ4v) is 5.23. The molecule has 0 bridgehead atoms. The van der Waals surface area contributed by atoms with Gasteiger partial charge in [0.1, 0.15) is 6.10 Å². The van der Waals surface area contributed by atoms with Gasteiger partial charge in [-0.25, -0.2) is 8.42 Å². The minimum Gasteiger partial charge on any atom is -0.472 e. The maximum absolute atomic E-state index is 13.1. The first-order chi connectivity index (χ1) is 11.8. The third-order valence-electron chi connectivity index (χ3n) is 4.37. The predicted octanol–water partition coefficient (Wildman–Crippen LogP) is 2.55. The standard InChI is InChI=1S/C18H23N3O3S/c1-12-9-13(2)18(14(3)10-12)25(22,23)21-8-7-16(11-21)24-17-6-5-15(4)19-20-17/h5-6,9-10,16H,7-8,11H2,1-4H3. The van der Waals surface area contributed by atoms with Crippen LogP contribution in [0.15, 0.2) is 29.2 Å². The van der Waals surface area contributed by atoms with Crippen LogP contribution in [0.1, 0.15) is 28.8 Å². The van der Waals surface area contributed by atoms with Crippen molar-refractivity contribution in [2.24, 2.45) is 0 Å². The van der Waals surface area contributed by atoms with Gasteiger partial charge in [0, 0.05) is 12.6 Å². The average molecular weight is 361 g/mol. The van der Waals surface area contributed by atoms with Gasteiger partial charge in [-0.05, 0) is 51.3 Å². The van der Waals surface area contributed by atoms with Crippen molar-refractivity contribution in [2.75, 3.05) is 13.1 Å². The van der Waals surface area contributed by atoms with Gasteiger partial charge in [0.05, 0.1) is 17.1 Å². The number of aryl methyl sites for hydroxylation is 4. The van der Waals surface area contributed by atoms with Crippen LogP contribution in [-0.4, -0.2) is 42.1 Å². The SMILES string of the molecule is Cc1cc(C)c(S(=O)(=O)N2CCC(Oc3ccc(C)nn3)C2)c(C)c1. The number of hydrogen-bond donors (Lipinski definition) is 0. The fourth-order valence-electron chi connectivity index (χ4n) is 3.34. The van der Waals surface area contributed by atoms with E-state index >= 15 is 0 Å². The van der Waals surface area contributed by atoms with Crippen molar-refractivity contribution in [3.63, 3.8) is 0 Å². The van der Waals surface area contributed by atoms with Gasteiger partial charge in [0.25, 0.3) is 0 Å². The highest BCUT2D eigenvalue weighted by atomic mass is 32.2. The Morgan fingerprint density at radius 3 is 2.36 bits per heavy atom. The second-order valence-corrected chi connectivity index (χ2v) is 8.51. The van der Waals surface area contributed by atoms with E-state index in [-0.39, 0.29) is 6.10 Å². The Balaban J connectivity index is 1.78. The molecule has 134 valence electrons. The van der Waals surface area contributed by atoms with E-state index in [1.165, 1.54) is 4.31 Å². The van der Waals surface area contributed by atoms with Gasteiger partial charge in [-0.2, -0.15) is 9.40 Å². The molecule has 0 spiro atoms. The molecule has 1 aliphatic heterocycles. The molecule has 1 fully saturated rings. The summed E-state index contributed by atoms with van der Waals surface area (Å²) < 4.78 is 33.4. The zero-order valence-electron chi connectivity index (χ0n) is 15.0. The second kappa shape index (κ2) is 6.72. The first-order valence-electron chi connectivity index (χ1n) is 8.32. The third-order valence-corrected chi connectivity index (χ3v) is 6.54. The normalized spacial score (nSPS) is 18.5. The van der Waals surface area contributed by atoms with Crippen molar-refractivity contribution < 1.29 is 13.2 Å². The molecule has 1 aliphatic rings. The van der Waals surface area contributed by atoms with E-state index < -0.39 is 10.0 Å². The van der Waals surface area contributed by atoms with E-state index in [0.29, 0.717) is 30.3 Å². The van der Waals surface area contributed by atoms with Crippen LogP contribution in [0.3, 0.4) is 0 Å². The monoisotopic (exact) mass is 361 g/mol. The Hall–Kier alpha value is -1.99. The molecular weight excluding hydrogens is 338 g/mol. The van der Waals surface area contributed by atoms with E-state index in [4.69, 9.17) is 4.74 Å². The number of benzene rings is 1. The van der Waals surface area contributed by atoms with Crippen LogP contribution in [0, 0.1) is 27.7 Å². The molecule has 1 atom stereocenters. The van der Waals surface area contributed by atoms with Crippen molar-refractivity contribution in [2.45, 2.75) is 45.1 Å². The first kappa shape index (κ1) is 17.8. The van der Waals surface area contributed by atoms with E-state index in [9.17, 15) is 8.42 Å². The maximum Gasteiger partial charge on any atom is 0.243 e. The van der Waals surface area contributed by atoms with Gasteiger partial charge in [-0.1, -0.05) is 17.7 Å². The van der Waals surface area contributed by atoms with Crippen molar-refractivity contribution in [1.29, 1.82) is 0 Å². The van der Waals surface area contributed by atoms with Crippen LogP contribution in [0.4, 0.5) is 0 Å². The summed E-state index contributed by atoms with van der Waals surface area (Å²) in [6.45, 7) is 8.28. The Kier molecular flexibility index (Phi) is 4.79. The summed E-state index contributed by atoms with van der Waals surface area (Å²) in [5.41, 5.74) is 3.44. The van der Waals surface area contributed by atoms with Crippen LogP contribution in [-0.2, 0) is 10.0 Å². The summed E-state index contributed by atoms with van der Waals surface area (Å²) in [6.07, 6.45) is 0.427. The van der Waals surface area contributed by atoms with Gasteiger partial charge in [-0.3, -0.25) is 0 Å². The molecule has 25 heavy (non-hydrogen) atoms. The highest BCUT2D eigenvalue weighted by Crippen LogP contribution is 2.28. The van der Waals surface area contributed by atoms with Crippen molar-refractivity contribution in [3.8, 4) is 5.88 Å². The predicted molar refractivity (Wildman–Crippen MR) is 95.2 cm³/mol. The minimum atomic E-state index is -3.53. The maximum atomic E-state index is 13.1. The Morgan fingerprint density at radius 1 is 1.08 bits per heavy atom. The smallest absolute Gasteiger partial charge is 0.243 e. The quantitative estimate of drug-likeness (QED) is 0.837. The number of hydrogen-bond acceptors (Lipinski definition) is 5. The molecule has 1 unspecified atom stereocenters. The summed E-state index contributed by atoms with van der Waals surface area (Å²) in [7, 11) is -3.53. The van der Waals surface area contributed by atoms with E-state index in [2.05, 4.69) is 10.2 Å². The molecule has 1 aromatic carbocycles. The van der Waals surface area contributed by atoms with Crippen LogP contribution < -0.4 is 4.74 Å². The topological polar surface area (TPSA) is 72.4 Å². The van der Waals surface area contributed by atoms with Crippen molar-refractivity contribution in [3.05, 3.63) is 46.6 Å². The summed E-state index contributed by atoms with van der Waals surface area (Å²) >= 11 is 0. The first-order valence-corrected chi connectivity index (χ1v) is 9.76. The summed E-state index contributed by atoms with van der Waals surface area (Å²) in [5, 5.41) is 7.95. The molecular formula is C18H23N3O3S. The number of sulfonamides is 1. The molecule has 1 aromatic heterocycles. The van der Waals surface area contributed by atoms with Crippen molar-refractivity contribution >= 4 is 10.0 Å². The van der Waals surface area contributed by atoms with Crippen molar-refractivity contribution in [1.82, 2.24) is 14.5 Å². The van der Waals surface area contributed by atoms with Gasteiger partial charge in [0.2, 0.25) is 15.9 Å². The minimum absolute atomic E-state index is 0.210. The Morgan fingerprint density at radius 2 is 1.76 bits per heavy atom. The van der Waals surface area contributed by atoms with Crippen LogP contribution in [0.5, 0.6) is 5.88 Å². The molecule has 6 nitrogen and oxygen atoms in total. The second-order valence-electron chi connectivity index (χ2n) is 6.63. The average Bonchev–Trinajstić information content (AvgIpc) is 2.97. The van der Waals surface area contributed by atoms with E-state index in [0.717, 1.165) is 22.4 Å². The summed E-state index contributed by atoms with van der Waals surface area (Å²) in [5.74, 6) is 0.428. The highest BCUT2D eigenvalue weighted by Gasteiger charge is 2.35. The van der Waals surface area contributed by atoms with Crippen LogP contribution >= 0.6 is 0 Å². The molecule has 0 aliphatic carbocycles. The third kappa shape index (κ3) is 3.67. The molecule has 0 saturated carbocycles. The van der Waals surface area contributed by atoms with Gasteiger partial charge in [0.15, 0.2) is 0 Å². The summed E-state index contributed by atoms with van der Waals surface area (Å²) in [4.78, 5) is 0.411. The zero-order chi connectivity index (χ0) is 18.2. The lowest BCUT2D eigenvalue weighted by atomic mass is 10.1. The number of ether oxygens (including phenoxy) is 1. The molecule has 2 heterocycles. The molecule has 2 aromatic rings. The summed E-state index contributed by atoms with van der Waals surface area (Å²) in [6, 6.07) is 7.40. The van der Waals surface area contributed by atoms with Crippen LogP contribution in [0.25, 0.3) is 0 Å². The molecule has 1 saturated heterocycles. The number of aromatic nitrogens is 2. The van der Waals surface area contributed by atoms with E-state index in [1.807, 2.05) is 45.9 Å². The molecule has 0 amide bonds. The van der Waals surface area contributed by atoms with Gasteiger partial charge >= 0.3 is 0 Å². The van der Waals surface area contributed by atoms with Crippen LogP contribution in [0.2, 0.25) is 0 Å². The largest absolute Gasteiger partial charge is 0.472 e. The van der Waals surface area contributed by atoms with E-state index in [1.54, 1.807) is 6.07 Å². The molecule has 7 heteroatoms. The fraction of sp³-hybridized carbons (Fsp3) is 0.444. The van der Waals surface area contributed by atoms with Gasteiger partial charge < -0.3 is 4.74 Å². The number of rotatable bonds is 4. The molecule has 0 radical (unpaired) electrons. The Labute approximate surface area is 148 Å². The zero-order valence-corrected chi connectivity index (χ0v) is 15.8. The highest BCUT2D eigenvalue weighted by molar-refractivity contribution is 7.89. The lowest BCUT2D eigenvalue weighted by molar-refractivity contribution is 0.204. The lowest BCUT2D eigenvalue weighted by Gasteiger charge is -2.20. The Bertz CT molecular complexity index is 856. The molecule has 3 rings (SSSR count). The molecule has 0 N–H and O–H groups in total. The van der Waals surface area contributed by atoms with Gasteiger partial charge in [-0.15, -0.1) is 5.10 Å².